The van der Waals surface area contributed by atoms with Gasteiger partial charge < -0.3 is 41.3 Å². The smallest absolute Gasteiger partial charge is 0.299 e. The number of nitrogens with one attached hydrogen (secondary N) is 3. The molecule has 3 atom stereocenters. The van der Waals surface area contributed by atoms with E-state index in [1.54, 1.807) is 0 Å². The van der Waals surface area contributed by atoms with E-state index in [4.69, 9.17) is 20.7 Å². The van der Waals surface area contributed by atoms with Crippen LogP contribution in [0.25, 0.3) is 15.8 Å². The highest BCUT2D eigenvalue weighted by Crippen LogP contribution is 2.64. The number of aliphatic imine (C=N–C) groups is 1. The third-order valence-corrected chi connectivity index (χ3v) is 14.2. The second-order valence-electron chi connectivity index (χ2n) is 18.9. The number of nitrogens with zero attached hydrogens (tertiary/aromatic N) is 5. The molecule has 324 valence electrons. The molecule has 60 heavy (non-hydrogen) atoms. The van der Waals surface area contributed by atoms with Gasteiger partial charge in [0.05, 0.1) is 28.6 Å². The van der Waals surface area contributed by atoms with Crippen molar-refractivity contribution in [2.24, 2.45) is 27.0 Å². The van der Waals surface area contributed by atoms with Gasteiger partial charge in [-0.2, -0.15) is 5.10 Å². The number of hydrogen-bond donors (Lipinski definition) is 7. The summed E-state index contributed by atoms with van der Waals surface area (Å²) in [4.78, 5) is 11.1. The van der Waals surface area contributed by atoms with Crippen LogP contribution in [0, 0.1) is 28.6 Å². The lowest BCUT2D eigenvalue weighted by molar-refractivity contribution is -0.199. The molecule has 14 heteroatoms. The van der Waals surface area contributed by atoms with Crippen LogP contribution in [0.3, 0.4) is 0 Å². The summed E-state index contributed by atoms with van der Waals surface area (Å²) in [5.41, 5.74) is 11.4. The van der Waals surface area contributed by atoms with Crippen molar-refractivity contribution in [1.82, 2.24) is 30.3 Å². The van der Waals surface area contributed by atoms with E-state index in [-0.39, 0.29) is 40.0 Å². The number of nitrogens with two attached hydrogens (primary N) is 1. The molecular formula is C46H65N9O4S. The number of dihydropyridines is 1. The van der Waals surface area contributed by atoms with Crippen molar-refractivity contribution in [1.29, 1.82) is 5.41 Å². The van der Waals surface area contributed by atoms with Gasteiger partial charge >= 0.3 is 0 Å². The topological polar surface area (TPSA) is 190 Å². The summed E-state index contributed by atoms with van der Waals surface area (Å²) in [6.07, 6.45) is 15.1. The minimum Gasteiger partial charge on any atom is -0.480 e. The lowest BCUT2D eigenvalue weighted by Crippen LogP contribution is -2.58. The molecule has 8 N–H and O–H groups in total. The molecule has 2 aliphatic carbocycles. The van der Waals surface area contributed by atoms with Gasteiger partial charge in [0.15, 0.2) is 0 Å². The molecule has 1 saturated heterocycles. The van der Waals surface area contributed by atoms with E-state index in [1.807, 2.05) is 54.4 Å². The first-order valence-electron chi connectivity index (χ1n) is 21.6. The molecule has 2 unspecified atom stereocenters. The quantitative estimate of drug-likeness (QED) is 0.0338. The van der Waals surface area contributed by atoms with Crippen LogP contribution in [0.2, 0.25) is 0 Å². The van der Waals surface area contributed by atoms with Crippen LogP contribution in [-0.2, 0) is 11.3 Å². The fraction of sp³-hybridized carbons (Fsp3) is 0.565. The van der Waals surface area contributed by atoms with E-state index >= 15 is 0 Å². The van der Waals surface area contributed by atoms with E-state index in [0.29, 0.717) is 41.9 Å². The summed E-state index contributed by atoms with van der Waals surface area (Å²) in [5.74, 6) is 0.348. The molecule has 2 aliphatic heterocycles. The van der Waals surface area contributed by atoms with Crippen LogP contribution in [0.1, 0.15) is 110 Å². The van der Waals surface area contributed by atoms with Gasteiger partial charge in [-0.15, -0.1) is 0 Å². The number of aromatic nitrogens is 3. The normalized spacial score (nSPS) is 26.5. The Balaban J connectivity index is 1.12. The zero-order chi connectivity index (χ0) is 42.9. The summed E-state index contributed by atoms with van der Waals surface area (Å²) in [6.45, 7) is 17.4. The van der Waals surface area contributed by atoms with E-state index in [9.17, 15) is 15.6 Å². The number of thiazole rings is 1. The van der Waals surface area contributed by atoms with Gasteiger partial charge in [0.1, 0.15) is 23.2 Å². The number of para-hydroxylation sites is 1. The molecule has 4 heterocycles. The maximum absolute atomic E-state index is 10.7. The summed E-state index contributed by atoms with van der Waals surface area (Å²) >= 11 is 1.47. The Kier molecular flexibility index (Phi) is 12.7. The summed E-state index contributed by atoms with van der Waals surface area (Å²) in [6, 6.07) is 7.88. The van der Waals surface area contributed by atoms with Gasteiger partial charge in [-0.3, -0.25) is 10.1 Å². The molecule has 1 aromatic carbocycles. The molecule has 4 aliphatic rings. The Morgan fingerprint density at radius 1 is 1.08 bits per heavy atom. The summed E-state index contributed by atoms with van der Waals surface area (Å²) in [5, 5.41) is 52.2. The highest BCUT2D eigenvalue weighted by molar-refractivity contribution is 7.22. The number of hydrogen-bond acceptors (Lipinski definition) is 11. The largest absolute Gasteiger partial charge is 0.480 e. The van der Waals surface area contributed by atoms with Crippen LogP contribution in [-0.4, -0.2) is 85.1 Å². The van der Waals surface area contributed by atoms with Gasteiger partial charge in [-0.25, -0.2) is 9.98 Å². The van der Waals surface area contributed by atoms with Crippen molar-refractivity contribution in [2.75, 3.05) is 32.8 Å². The lowest BCUT2D eigenvalue weighted by atomic mass is 9.47. The average molecular weight is 840 g/mol. The van der Waals surface area contributed by atoms with Crippen molar-refractivity contribution >= 4 is 43.9 Å². The summed E-state index contributed by atoms with van der Waals surface area (Å²) < 4.78 is 10.1. The standard InChI is InChI=1S/C46H65N9O4S/c1-7-44(6)26-45(24-43(4,5)25-46(27-44,28-45)59-22-19-49-18-10-11-21-56)29-55-31(3)34(23-50-55)33-16-17-37(52-38(33)41(57)58)54-20-12-13-32(40(54)48)30(2)39(47)53-42-51-35-14-8-9-15-36(35)60-42/h8-9,14-17,23,48-49,52,56-58H,7,10-13,18-22,24-29H2,1-6H3,(H2,47,51,53)/b32-30-,48-40?/t44-,45?,46?/m0/s1. The second kappa shape index (κ2) is 17.5. The number of benzene rings is 1. The molecule has 3 fully saturated rings. The molecule has 2 saturated carbocycles. The fourth-order valence-electron chi connectivity index (χ4n) is 11.0. The molecular weight excluding hydrogens is 775 g/mol. The first-order valence-corrected chi connectivity index (χ1v) is 22.5. The van der Waals surface area contributed by atoms with Crippen molar-refractivity contribution < 1.29 is 20.1 Å². The van der Waals surface area contributed by atoms with Crippen LogP contribution in [0.4, 0.5) is 5.13 Å². The first-order chi connectivity index (χ1) is 28.6. The summed E-state index contributed by atoms with van der Waals surface area (Å²) in [7, 11) is 0. The zero-order valence-electron chi connectivity index (χ0n) is 36.3. The number of allylic oxidation sites excluding steroid dienone is 3. The molecule has 3 aromatic rings. The number of fused-ring (bicyclic) bond motifs is 3. The molecule has 2 bridgehead atoms. The predicted molar refractivity (Wildman–Crippen MR) is 241 cm³/mol. The number of ether oxygens (including phenoxy) is 1. The lowest BCUT2D eigenvalue weighted by Gasteiger charge is -2.62. The van der Waals surface area contributed by atoms with E-state index in [2.05, 4.69) is 59.9 Å². The van der Waals surface area contributed by atoms with Crippen molar-refractivity contribution in [2.45, 2.75) is 118 Å². The van der Waals surface area contributed by atoms with Gasteiger partial charge in [-0.1, -0.05) is 57.6 Å². The molecule has 2 aromatic heterocycles. The Labute approximate surface area is 358 Å². The minimum absolute atomic E-state index is 0.0299. The maximum Gasteiger partial charge on any atom is 0.299 e. The maximum atomic E-state index is 10.7. The number of aliphatic hydroxyl groups is 3. The molecule has 0 radical (unpaired) electrons. The fourth-order valence-corrected chi connectivity index (χ4v) is 11.9. The number of piperidine rings is 1. The van der Waals surface area contributed by atoms with Crippen LogP contribution >= 0.6 is 11.3 Å². The van der Waals surface area contributed by atoms with Crippen molar-refractivity contribution in [3.8, 4) is 0 Å². The monoisotopic (exact) mass is 839 g/mol. The number of unbranched alkanes of at least 4 members (excludes halogenated alkanes) is 1. The third kappa shape index (κ3) is 9.21. The SMILES string of the molecule is CC[C@@]1(C)CC2(Cn3ncc(C4=CC=C(N5CCC/C(=C(C)/C(N)=N\c6nc7ccccc7s6)C5=N)NC4=C(O)O)c3C)CC(C)(C)CC(OCCNCCCCO)(C2)C1. The zero-order valence-corrected chi connectivity index (χ0v) is 37.1. The van der Waals surface area contributed by atoms with Crippen molar-refractivity contribution in [3.63, 3.8) is 0 Å². The molecule has 7 rings (SSSR count). The van der Waals surface area contributed by atoms with Crippen LogP contribution in [0.5, 0.6) is 0 Å². The Morgan fingerprint density at radius 2 is 1.88 bits per heavy atom. The second-order valence-corrected chi connectivity index (χ2v) is 19.9. The van der Waals surface area contributed by atoms with Gasteiger partial charge in [0.25, 0.3) is 5.95 Å². The highest BCUT2D eigenvalue weighted by atomic mass is 32.1. The Morgan fingerprint density at radius 3 is 2.63 bits per heavy atom. The highest BCUT2D eigenvalue weighted by Gasteiger charge is 2.59. The van der Waals surface area contributed by atoms with Gasteiger partial charge in [-0.05, 0) is 124 Å². The van der Waals surface area contributed by atoms with E-state index in [0.717, 1.165) is 110 Å². The first kappa shape index (κ1) is 43.6. The van der Waals surface area contributed by atoms with E-state index in [1.165, 1.54) is 11.3 Å². The number of aliphatic hydroxyl groups excluding tert-OH is 2. The van der Waals surface area contributed by atoms with Gasteiger partial charge in [0, 0.05) is 48.6 Å². The predicted octanol–water partition coefficient (Wildman–Crippen LogP) is 8.52. The third-order valence-electron chi connectivity index (χ3n) is 13.2. The molecule has 0 spiro atoms. The van der Waals surface area contributed by atoms with Crippen LogP contribution in [0.15, 0.2) is 76.2 Å². The number of amidine groups is 2. The number of likely N-dealkylation sites (tertiary alicyclic amines) is 1. The molecule has 13 nitrogen and oxygen atoms in total. The van der Waals surface area contributed by atoms with Crippen molar-refractivity contribution in [3.05, 3.63) is 82.5 Å². The Hall–Kier alpha value is -4.50. The molecule has 0 amide bonds. The van der Waals surface area contributed by atoms with E-state index < -0.39 is 5.95 Å². The van der Waals surface area contributed by atoms with Crippen LogP contribution < -0.4 is 16.4 Å². The Bertz CT molecular complexity index is 2210. The average Bonchev–Trinajstić information content (AvgIpc) is 3.77. The number of rotatable bonds is 15. The van der Waals surface area contributed by atoms with Gasteiger partial charge in [0.2, 0.25) is 5.13 Å². The minimum atomic E-state index is -0.829.